The van der Waals surface area contributed by atoms with Gasteiger partial charge in [-0.1, -0.05) is 17.7 Å². The van der Waals surface area contributed by atoms with Gasteiger partial charge in [-0.05, 0) is 193 Å². The van der Waals surface area contributed by atoms with E-state index in [0.717, 1.165) is 5.56 Å². The maximum Gasteiger partial charge on any atom is 0.408 e. The van der Waals surface area contributed by atoms with E-state index in [9.17, 15) is 55.6 Å². The minimum Gasteiger partial charge on any atom is -0.481 e. The summed E-state index contributed by atoms with van der Waals surface area (Å²) in [5.74, 6) is -6.26. The van der Waals surface area contributed by atoms with Crippen LogP contribution in [-0.2, 0) is 71.5 Å². The lowest BCUT2D eigenvalue weighted by molar-refractivity contribution is -0.159. The molecule has 0 radical (unpaired) electrons. The standard InChI is InChI=1S/C27H43NO9S.C20H36FNO6.C9H16FNO4/c1-9-34-23(29)20(11-10-18-35-38(32,33)21-15-12-19(2)13-16-21)14-17-22(24(30)36-26(3,4)5)28-25(31)37-27(6,7)8;1-8-26-16(23)14(10-9-13-21)11-12-15(17(24)27-19(2,3)4)22-18(25)28-20(5,6)7;10-5-1-2-6(8(12)13)3-4-7(11)9(14)15/h12-13,15-16,20,22H,9-11,14,17-18H2,1-8H3,(H,28,31);14-15H,8-13H2,1-7H3,(H,22,25);6-7H,1-5,11H2,(H,12,13)(H,14,15)/t20?,22-;14?,15-;6?,7-/m000/s1/i;21-1;10-1. The average molecular weight is 1180 g/mol. The van der Waals surface area contributed by atoms with Crippen LogP contribution >= 0.6 is 0 Å². The lowest BCUT2D eigenvalue weighted by Crippen LogP contribution is -2.46. The number of aryl methyl sites for hydroxylation is 1. The maximum absolute atomic E-state index is 12.8. The summed E-state index contributed by atoms with van der Waals surface area (Å²) in [4.78, 5) is 95.6. The van der Waals surface area contributed by atoms with Gasteiger partial charge in [0.25, 0.3) is 10.1 Å². The number of esters is 4. The summed E-state index contributed by atoms with van der Waals surface area (Å²) < 4.78 is 85.8. The third kappa shape index (κ3) is 39.4. The van der Waals surface area contributed by atoms with Gasteiger partial charge in [0.05, 0.1) is 55.8 Å². The normalized spacial score (nSPS) is 14.0. The molecule has 81 heavy (non-hydrogen) atoms. The van der Waals surface area contributed by atoms with Crippen molar-refractivity contribution in [2.75, 3.05) is 33.2 Å². The number of nitrogens with one attached hydrogen (secondary N) is 2. The van der Waals surface area contributed by atoms with Crippen LogP contribution in [0, 0.1) is 24.7 Å². The van der Waals surface area contributed by atoms with Gasteiger partial charge in [-0.3, -0.25) is 32.1 Å². The Balaban J connectivity index is 0. The number of benzene rings is 1. The molecule has 22 nitrogen and oxygen atoms in total. The van der Waals surface area contributed by atoms with Crippen molar-refractivity contribution in [2.24, 2.45) is 23.5 Å². The van der Waals surface area contributed by atoms with E-state index in [-0.39, 0.29) is 95.3 Å². The summed E-state index contributed by atoms with van der Waals surface area (Å²) in [7, 11) is -3.93. The summed E-state index contributed by atoms with van der Waals surface area (Å²) in [6, 6.07) is 3.22. The first-order valence-corrected chi connectivity index (χ1v) is 28.7. The van der Waals surface area contributed by atoms with Gasteiger partial charge in [-0.2, -0.15) is 8.42 Å². The Labute approximate surface area is 478 Å². The van der Waals surface area contributed by atoms with Crippen LogP contribution in [0.25, 0.3) is 0 Å². The summed E-state index contributed by atoms with van der Waals surface area (Å²) in [5.41, 5.74) is 3.13. The van der Waals surface area contributed by atoms with Gasteiger partial charge < -0.3 is 55.0 Å². The van der Waals surface area contributed by atoms with Gasteiger partial charge >= 0.3 is 48.0 Å². The first-order chi connectivity index (χ1) is 37.2. The first-order valence-electron chi connectivity index (χ1n) is 27.3. The number of carbonyl (C=O) groups excluding carboxylic acids is 6. The Hall–Kier alpha value is -5.69. The highest BCUT2D eigenvalue weighted by molar-refractivity contribution is 7.86. The van der Waals surface area contributed by atoms with Crippen molar-refractivity contribution in [1.29, 1.82) is 0 Å². The number of alkyl halides is 2. The van der Waals surface area contributed by atoms with Gasteiger partial charge in [0.15, 0.2) is 0 Å². The SMILES string of the molecule is CCOC(=O)C(CCCOS(=O)(=O)c1ccc(C)cc1)CC[C@H](NC(=O)OC(C)(C)C)C(=O)OC(C)(C)C.CCOC(=O)C(CCC[18F])CC[C@H](NC(=O)OC(C)(C)C)C(=O)OC(C)(C)C.N[C@@H](CCC(CCC[18F])C(=O)O)C(=O)O. The average Bonchev–Trinajstić information content (AvgIpc) is 3.31. The first kappa shape index (κ1) is 77.4. The van der Waals surface area contributed by atoms with Crippen molar-refractivity contribution in [3.05, 3.63) is 29.8 Å². The Kier molecular flexibility index (Phi) is 36.4. The largest absolute Gasteiger partial charge is 0.481 e. The summed E-state index contributed by atoms with van der Waals surface area (Å²) in [6.07, 6.45) is 0.838. The number of hydrogen-bond donors (Lipinski definition) is 5. The van der Waals surface area contributed by atoms with Gasteiger partial charge in [0.1, 0.15) is 40.5 Å². The smallest absolute Gasteiger partial charge is 0.408 e. The molecule has 6 atom stereocenters. The minimum absolute atomic E-state index is 0.0541. The molecule has 1 rings (SSSR count). The molecule has 0 saturated carbocycles. The van der Waals surface area contributed by atoms with Crippen LogP contribution in [0.15, 0.2) is 29.2 Å². The van der Waals surface area contributed by atoms with E-state index < -0.39 is 130 Å². The molecule has 0 heterocycles. The quantitative estimate of drug-likeness (QED) is 0.0200. The van der Waals surface area contributed by atoms with E-state index in [4.69, 9.17) is 48.6 Å². The van der Waals surface area contributed by atoms with Crippen molar-refractivity contribution in [1.82, 2.24) is 10.6 Å². The zero-order valence-corrected chi connectivity index (χ0v) is 51.2. The molecule has 0 bridgehead atoms. The van der Waals surface area contributed by atoms with Crippen molar-refractivity contribution >= 4 is 58.1 Å². The number of amides is 2. The molecule has 6 N–H and O–H groups in total. The molecule has 0 aliphatic carbocycles. The summed E-state index contributed by atoms with van der Waals surface area (Å²) in [6.45, 7) is 24.9. The second-order valence-electron chi connectivity index (χ2n) is 23.0. The van der Waals surface area contributed by atoms with E-state index in [2.05, 4.69) is 10.6 Å². The maximum atomic E-state index is 12.8. The van der Waals surface area contributed by atoms with E-state index >= 15 is 0 Å². The fourth-order valence-electron chi connectivity index (χ4n) is 6.97. The third-order valence-electron chi connectivity index (χ3n) is 10.7. The lowest BCUT2D eigenvalue weighted by Gasteiger charge is -2.27. The van der Waals surface area contributed by atoms with Crippen LogP contribution in [0.2, 0.25) is 0 Å². The number of hydrogen-bond acceptors (Lipinski definition) is 18. The third-order valence-corrected chi connectivity index (χ3v) is 12.0. The Morgan fingerprint density at radius 2 is 0.877 bits per heavy atom. The zero-order chi connectivity index (χ0) is 63.0. The van der Waals surface area contributed by atoms with Crippen molar-refractivity contribution in [3.8, 4) is 0 Å². The molecule has 0 aliphatic rings. The molecule has 0 spiro atoms. The Bertz CT molecular complexity index is 2190. The monoisotopic (exact) mass is 1180 g/mol. The van der Waals surface area contributed by atoms with Crippen molar-refractivity contribution in [2.45, 2.75) is 226 Å². The topological polar surface area (TPSA) is 326 Å². The van der Waals surface area contributed by atoms with Crippen molar-refractivity contribution in [3.63, 3.8) is 0 Å². The number of nitrogens with two attached hydrogens (primary N) is 1. The Morgan fingerprint density at radius 3 is 1.21 bits per heavy atom. The number of ether oxygens (including phenoxy) is 6. The Morgan fingerprint density at radius 1 is 0.519 bits per heavy atom. The second-order valence-corrected chi connectivity index (χ2v) is 24.6. The molecule has 0 saturated heterocycles. The predicted molar refractivity (Wildman–Crippen MR) is 297 cm³/mol. The highest BCUT2D eigenvalue weighted by atomic mass is 32.2. The van der Waals surface area contributed by atoms with Gasteiger partial charge in [-0.25, -0.2) is 19.2 Å². The van der Waals surface area contributed by atoms with Crippen LogP contribution in [0.5, 0.6) is 0 Å². The minimum atomic E-state index is -3.93. The highest BCUT2D eigenvalue weighted by Crippen LogP contribution is 2.23. The molecule has 0 aromatic heterocycles. The number of carbonyl (C=O) groups is 8. The highest BCUT2D eigenvalue weighted by Gasteiger charge is 2.33. The lowest BCUT2D eigenvalue weighted by atomic mass is 9.95. The number of halogens is 2. The van der Waals surface area contributed by atoms with Gasteiger partial charge in [0, 0.05) is 0 Å². The van der Waals surface area contributed by atoms with Crippen LogP contribution in [0.4, 0.5) is 18.4 Å². The molecule has 25 heteroatoms. The number of alkyl carbamates (subject to hydrolysis) is 2. The van der Waals surface area contributed by atoms with Crippen LogP contribution in [-0.4, -0.2) is 140 Å². The molecular weight excluding hydrogens is 1090 g/mol. The van der Waals surface area contributed by atoms with Crippen LogP contribution < -0.4 is 16.4 Å². The van der Waals surface area contributed by atoms with Crippen molar-refractivity contribution < 1.29 is 98.4 Å². The fourth-order valence-corrected chi connectivity index (χ4v) is 7.92. The molecule has 2 amide bonds. The van der Waals surface area contributed by atoms with Crippen LogP contribution in [0.3, 0.4) is 0 Å². The molecule has 0 aliphatic heterocycles. The number of rotatable bonds is 31. The van der Waals surface area contributed by atoms with E-state index in [1.54, 1.807) is 109 Å². The molecule has 1 aromatic rings. The van der Waals surface area contributed by atoms with E-state index in [0.29, 0.717) is 6.42 Å². The molecule has 1 aromatic carbocycles. The molecule has 0 fully saturated rings. The van der Waals surface area contributed by atoms with Crippen LogP contribution in [0.1, 0.15) is 180 Å². The predicted octanol–water partition coefficient (Wildman–Crippen LogP) is 9.23. The second kappa shape index (κ2) is 38.2. The number of carboxylic acids is 2. The summed E-state index contributed by atoms with van der Waals surface area (Å²) >= 11 is 0. The molecule has 468 valence electrons. The van der Waals surface area contributed by atoms with E-state index in [1.165, 1.54) is 12.1 Å². The molecular formula is C56H95F2N3O19S. The van der Waals surface area contributed by atoms with E-state index in [1.807, 2.05) is 6.92 Å². The van der Waals surface area contributed by atoms with Gasteiger partial charge in [-0.15, -0.1) is 0 Å². The number of aliphatic carboxylic acids is 2. The zero-order valence-electron chi connectivity index (χ0n) is 50.4. The number of carboxylic acid groups (broad SMARTS) is 2. The summed E-state index contributed by atoms with van der Waals surface area (Å²) in [5, 5.41) is 22.3. The fraction of sp³-hybridized carbons (Fsp3) is 0.750. The molecule has 3 unspecified atom stereocenters. The van der Waals surface area contributed by atoms with Gasteiger partial charge in [0.2, 0.25) is 0 Å².